The summed E-state index contributed by atoms with van der Waals surface area (Å²) in [6, 6.07) is 3.36. The molecular formula is C12H19NO4. The minimum Gasteiger partial charge on any atom is -0.463 e. The van der Waals surface area contributed by atoms with Gasteiger partial charge in [-0.15, -0.1) is 0 Å². The van der Waals surface area contributed by atoms with Crippen molar-refractivity contribution in [3.05, 3.63) is 23.7 Å². The van der Waals surface area contributed by atoms with E-state index in [1.54, 1.807) is 12.1 Å². The van der Waals surface area contributed by atoms with E-state index in [0.717, 1.165) is 6.54 Å². The van der Waals surface area contributed by atoms with Crippen LogP contribution in [-0.4, -0.2) is 32.3 Å². The number of carbonyl (C=O) groups is 1. The Balaban J connectivity index is 2.32. The Hall–Kier alpha value is -1.33. The molecule has 1 aromatic rings. The van der Waals surface area contributed by atoms with Crippen molar-refractivity contribution in [2.24, 2.45) is 0 Å². The average molecular weight is 241 g/mol. The molecule has 0 aliphatic heterocycles. The molecule has 0 aliphatic rings. The lowest BCUT2D eigenvalue weighted by Crippen LogP contribution is -2.26. The molecule has 0 bridgehead atoms. The van der Waals surface area contributed by atoms with Gasteiger partial charge in [0.2, 0.25) is 5.76 Å². The number of nitrogens with one attached hydrogen (secondary N) is 1. The number of hydrogen-bond donors (Lipinski definition) is 1. The van der Waals surface area contributed by atoms with Crippen molar-refractivity contribution in [3.8, 4) is 0 Å². The zero-order valence-corrected chi connectivity index (χ0v) is 10.5. The Morgan fingerprint density at radius 2 is 2.29 bits per heavy atom. The summed E-state index contributed by atoms with van der Waals surface area (Å²) in [5.74, 6) is 0.468. The van der Waals surface area contributed by atoms with E-state index in [-0.39, 0.29) is 11.9 Å². The molecule has 1 atom stereocenters. The molecule has 1 rings (SSSR count). The zero-order chi connectivity index (χ0) is 12.7. The van der Waals surface area contributed by atoms with Crippen molar-refractivity contribution in [1.82, 2.24) is 5.32 Å². The van der Waals surface area contributed by atoms with Crippen LogP contribution in [0.1, 0.15) is 30.2 Å². The second kappa shape index (κ2) is 7.09. The van der Waals surface area contributed by atoms with Crippen LogP contribution in [0.3, 0.4) is 0 Å². The summed E-state index contributed by atoms with van der Waals surface area (Å²) in [5, 5.41) is 3.19. The molecule has 0 aromatic carbocycles. The first-order valence-electron chi connectivity index (χ1n) is 5.66. The highest BCUT2D eigenvalue weighted by atomic mass is 16.5. The first kappa shape index (κ1) is 13.7. The Labute approximate surface area is 101 Å². The van der Waals surface area contributed by atoms with Gasteiger partial charge in [0.1, 0.15) is 5.76 Å². The number of furan rings is 1. The van der Waals surface area contributed by atoms with Crippen molar-refractivity contribution < 1.29 is 18.7 Å². The van der Waals surface area contributed by atoms with Crippen LogP contribution >= 0.6 is 0 Å². The summed E-state index contributed by atoms with van der Waals surface area (Å²) in [5.41, 5.74) is 0. The second-order valence-electron chi connectivity index (χ2n) is 3.65. The second-order valence-corrected chi connectivity index (χ2v) is 3.65. The molecule has 5 heteroatoms. The van der Waals surface area contributed by atoms with Gasteiger partial charge in [0, 0.05) is 13.2 Å². The molecule has 0 amide bonds. The Morgan fingerprint density at radius 3 is 2.94 bits per heavy atom. The fraction of sp³-hybridized carbons (Fsp3) is 0.583. The predicted octanol–water partition coefficient (Wildman–Crippen LogP) is 1.58. The molecule has 1 heterocycles. The number of esters is 1. The monoisotopic (exact) mass is 241 g/mol. The maximum atomic E-state index is 11.1. The largest absolute Gasteiger partial charge is 0.463 e. The minimum absolute atomic E-state index is 0.162. The molecule has 96 valence electrons. The van der Waals surface area contributed by atoms with Gasteiger partial charge >= 0.3 is 5.97 Å². The van der Waals surface area contributed by atoms with Crippen LogP contribution in [0.5, 0.6) is 0 Å². The lowest BCUT2D eigenvalue weighted by atomic mass is 10.3. The molecule has 0 radical (unpaired) electrons. The van der Waals surface area contributed by atoms with Gasteiger partial charge in [-0.3, -0.25) is 0 Å². The van der Waals surface area contributed by atoms with E-state index in [2.05, 4.69) is 10.1 Å². The van der Waals surface area contributed by atoms with Crippen molar-refractivity contribution in [3.63, 3.8) is 0 Å². The third kappa shape index (κ3) is 4.58. The third-order valence-corrected chi connectivity index (χ3v) is 2.23. The minimum atomic E-state index is -0.459. The van der Waals surface area contributed by atoms with Crippen LogP contribution in [0, 0.1) is 0 Å². The SMILES string of the molecule is CCOC(C)CNCc1ccc(C(=O)OC)o1. The first-order chi connectivity index (χ1) is 8.17. The van der Waals surface area contributed by atoms with Crippen LogP contribution in [0.15, 0.2) is 16.5 Å². The molecule has 0 fully saturated rings. The van der Waals surface area contributed by atoms with Crippen LogP contribution < -0.4 is 5.32 Å². The molecule has 0 saturated carbocycles. The molecule has 17 heavy (non-hydrogen) atoms. The Morgan fingerprint density at radius 1 is 1.53 bits per heavy atom. The van der Waals surface area contributed by atoms with Crippen LogP contribution in [0.4, 0.5) is 0 Å². The zero-order valence-electron chi connectivity index (χ0n) is 10.5. The number of carbonyl (C=O) groups excluding carboxylic acids is 1. The van der Waals surface area contributed by atoms with E-state index in [9.17, 15) is 4.79 Å². The van der Waals surface area contributed by atoms with E-state index in [0.29, 0.717) is 18.9 Å². The molecular weight excluding hydrogens is 222 g/mol. The van der Waals surface area contributed by atoms with Crippen molar-refractivity contribution in [1.29, 1.82) is 0 Å². The first-order valence-corrected chi connectivity index (χ1v) is 5.66. The highest BCUT2D eigenvalue weighted by Crippen LogP contribution is 2.08. The summed E-state index contributed by atoms with van der Waals surface area (Å²) >= 11 is 0. The Kier molecular flexibility index (Phi) is 5.72. The lowest BCUT2D eigenvalue weighted by Gasteiger charge is -2.11. The van der Waals surface area contributed by atoms with Gasteiger partial charge in [-0.25, -0.2) is 4.79 Å². The smallest absolute Gasteiger partial charge is 0.373 e. The fourth-order valence-electron chi connectivity index (χ4n) is 1.43. The number of ether oxygens (including phenoxy) is 2. The topological polar surface area (TPSA) is 60.7 Å². The standard InChI is InChI=1S/C12H19NO4/c1-4-16-9(2)7-13-8-10-5-6-11(17-10)12(14)15-3/h5-6,9,13H,4,7-8H2,1-3H3. The van der Waals surface area contributed by atoms with Gasteiger partial charge < -0.3 is 19.2 Å². The summed E-state index contributed by atoms with van der Waals surface area (Å²) in [6.45, 7) is 5.97. The average Bonchev–Trinajstić information content (AvgIpc) is 2.77. The molecule has 1 aromatic heterocycles. The highest BCUT2D eigenvalue weighted by molar-refractivity contribution is 5.86. The number of methoxy groups -OCH3 is 1. The molecule has 0 saturated heterocycles. The quantitative estimate of drug-likeness (QED) is 0.734. The van der Waals surface area contributed by atoms with E-state index in [1.807, 2.05) is 13.8 Å². The van der Waals surface area contributed by atoms with Crippen LogP contribution in [0.25, 0.3) is 0 Å². The van der Waals surface area contributed by atoms with E-state index >= 15 is 0 Å². The van der Waals surface area contributed by atoms with Gasteiger partial charge in [0.05, 0.1) is 19.8 Å². The number of rotatable bonds is 7. The Bertz CT molecular complexity index is 348. The fourth-order valence-corrected chi connectivity index (χ4v) is 1.43. The third-order valence-electron chi connectivity index (χ3n) is 2.23. The van der Waals surface area contributed by atoms with E-state index in [1.165, 1.54) is 7.11 Å². The van der Waals surface area contributed by atoms with Crippen molar-refractivity contribution >= 4 is 5.97 Å². The maximum Gasteiger partial charge on any atom is 0.373 e. The van der Waals surface area contributed by atoms with Gasteiger partial charge in [-0.05, 0) is 26.0 Å². The highest BCUT2D eigenvalue weighted by Gasteiger charge is 2.10. The summed E-state index contributed by atoms with van der Waals surface area (Å²) in [6.07, 6.45) is 0.162. The molecule has 1 N–H and O–H groups in total. The van der Waals surface area contributed by atoms with Gasteiger partial charge in [-0.2, -0.15) is 0 Å². The van der Waals surface area contributed by atoms with Crippen molar-refractivity contribution in [2.75, 3.05) is 20.3 Å². The van der Waals surface area contributed by atoms with Gasteiger partial charge in [0.15, 0.2) is 0 Å². The predicted molar refractivity (Wildman–Crippen MR) is 62.8 cm³/mol. The van der Waals surface area contributed by atoms with E-state index < -0.39 is 5.97 Å². The molecule has 0 aliphatic carbocycles. The van der Waals surface area contributed by atoms with Crippen LogP contribution in [-0.2, 0) is 16.0 Å². The summed E-state index contributed by atoms with van der Waals surface area (Å²) < 4.78 is 15.2. The molecule has 1 unspecified atom stereocenters. The van der Waals surface area contributed by atoms with E-state index in [4.69, 9.17) is 9.15 Å². The molecule has 0 spiro atoms. The molecule has 5 nitrogen and oxygen atoms in total. The van der Waals surface area contributed by atoms with Gasteiger partial charge in [-0.1, -0.05) is 0 Å². The van der Waals surface area contributed by atoms with Crippen LogP contribution in [0.2, 0.25) is 0 Å². The van der Waals surface area contributed by atoms with Gasteiger partial charge in [0.25, 0.3) is 0 Å². The summed E-state index contributed by atoms with van der Waals surface area (Å²) in [7, 11) is 1.33. The number of hydrogen-bond acceptors (Lipinski definition) is 5. The van der Waals surface area contributed by atoms with Crippen molar-refractivity contribution in [2.45, 2.75) is 26.5 Å². The summed E-state index contributed by atoms with van der Waals surface area (Å²) in [4.78, 5) is 11.1. The lowest BCUT2D eigenvalue weighted by molar-refractivity contribution is 0.0561. The normalized spacial score (nSPS) is 12.4. The maximum absolute atomic E-state index is 11.1.